The van der Waals surface area contributed by atoms with Crippen LogP contribution >= 0.6 is 11.6 Å². The van der Waals surface area contributed by atoms with E-state index < -0.39 is 0 Å². The van der Waals surface area contributed by atoms with E-state index in [1.54, 1.807) is 0 Å². The zero-order chi connectivity index (χ0) is 13.3. The van der Waals surface area contributed by atoms with Crippen LogP contribution in [0.3, 0.4) is 0 Å². The maximum atomic E-state index is 6.39. The molecule has 0 saturated heterocycles. The fourth-order valence-corrected chi connectivity index (χ4v) is 3.48. The summed E-state index contributed by atoms with van der Waals surface area (Å²) < 4.78 is 5.90. The Morgan fingerprint density at radius 1 is 1.21 bits per heavy atom. The summed E-state index contributed by atoms with van der Waals surface area (Å²) in [6, 6.07) is 6.28. The second-order valence-corrected chi connectivity index (χ2v) is 6.41. The molecule has 2 saturated carbocycles. The van der Waals surface area contributed by atoms with E-state index in [-0.39, 0.29) is 5.41 Å². The van der Waals surface area contributed by atoms with Gasteiger partial charge in [0.25, 0.3) is 0 Å². The number of nitrogens with two attached hydrogens (primary N) is 1. The Hall–Kier alpha value is -0.730. The molecule has 0 bridgehead atoms. The Labute approximate surface area is 120 Å². The molecule has 2 nitrogen and oxygen atoms in total. The second kappa shape index (κ2) is 5.34. The van der Waals surface area contributed by atoms with Crippen molar-refractivity contribution in [2.75, 3.05) is 6.54 Å². The smallest absolute Gasteiger partial charge is 0.138 e. The second-order valence-electron chi connectivity index (χ2n) is 6.01. The van der Waals surface area contributed by atoms with Crippen molar-refractivity contribution in [3.63, 3.8) is 0 Å². The van der Waals surface area contributed by atoms with E-state index in [1.165, 1.54) is 37.7 Å². The van der Waals surface area contributed by atoms with Gasteiger partial charge in [-0.2, -0.15) is 0 Å². The van der Waals surface area contributed by atoms with Crippen molar-refractivity contribution in [3.8, 4) is 5.75 Å². The van der Waals surface area contributed by atoms with Crippen LogP contribution in [0.5, 0.6) is 5.75 Å². The maximum Gasteiger partial charge on any atom is 0.138 e. The summed E-state index contributed by atoms with van der Waals surface area (Å²) in [7, 11) is 0. The lowest BCUT2D eigenvalue weighted by molar-refractivity contribution is 0.120. The number of rotatable bonds is 4. The van der Waals surface area contributed by atoms with Crippen LogP contribution < -0.4 is 10.5 Å². The van der Waals surface area contributed by atoms with Gasteiger partial charge in [-0.1, -0.05) is 30.5 Å². The Morgan fingerprint density at radius 3 is 2.47 bits per heavy atom. The fourth-order valence-electron chi connectivity index (χ4n) is 3.26. The van der Waals surface area contributed by atoms with Crippen LogP contribution in [0, 0.1) is 0 Å². The highest BCUT2D eigenvalue weighted by atomic mass is 35.5. The first-order valence-corrected chi connectivity index (χ1v) is 7.78. The van der Waals surface area contributed by atoms with Crippen LogP contribution in [-0.2, 0) is 5.41 Å². The summed E-state index contributed by atoms with van der Waals surface area (Å²) >= 11 is 6.39. The first kappa shape index (κ1) is 13.3. The van der Waals surface area contributed by atoms with Crippen molar-refractivity contribution in [2.24, 2.45) is 5.73 Å². The van der Waals surface area contributed by atoms with E-state index in [9.17, 15) is 0 Å². The van der Waals surface area contributed by atoms with Gasteiger partial charge in [0.05, 0.1) is 11.1 Å². The molecule has 1 aromatic rings. The van der Waals surface area contributed by atoms with Gasteiger partial charge < -0.3 is 10.5 Å². The van der Waals surface area contributed by atoms with Crippen LogP contribution in [0.1, 0.15) is 50.5 Å². The molecule has 104 valence electrons. The van der Waals surface area contributed by atoms with Gasteiger partial charge in [-0.25, -0.2) is 0 Å². The minimum Gasteiger partial charge on any atom is -0.489 e. The van der Waals surface area contributed by atoms with Crippen LogP contribution in [-0.4, -0.2) is 12.6 Å². The molecule has 2 aliphatic rings. The summed E-state index contributed by atoms with van der Waals surface area (Å²) in [5, 5.41) is 0.740. The SMILES string of the molecule is NCC1(c2ccc(OC3CCC3)c(Cl)c2)CCCC1. The third kappa shape index (κ3) is 2.48. The van der Waals surface area contributed by atoms with Crippen LogP contribution in [0.15, 0.2) is 18.2 Å². The van der Waals surface area contributed by atoms with Crippen LogP contribution in [0.2, 0.25) is 5.02 Å². The van der Waals surface area contributed by atoms with Crippen LogP contribution in [0.4, 0.5) is 0 Å². The summed E-state index contributed by atoms with van der Waals surface area (Å²) in [5.41, 5.74) is 7.47. The van der Waals surface area contributed by atoms with Gasteiger partial charge in [0.15, 0.2) is 0 Å². The summed E-state index contributed by atoms with van der Waals surface area (Å²) in [5.74, 6) is 0.834. The molecule has 2 aliphatic carbocycles. The number of hydrogen-bond acceptors (Lipinski definition) is 2. The predicted molar refractivity (Wildman–Crippen MR) is 78.9 cm³/mol. The van der Waals surface area contributed by atoms with E-state index in [2.05, 4.69) is 12.1 Å². The lowest BCUT2D eigenvalue weighted by Crippen LogP contribution is -2.32. The molecule has 0 atom stereocenters. The molecule has 0 heterocycles. The molecule has 3 heteroatoms. The molecule has 19 heavy (non-hydrogen) atoms. The van der Waals surface area contributed by atoms with Gasteiger partial charge in [0, 0.05) is 12.0 Å². The van der Waals surface area contributed by atoms with Gasteiger partial charge in [0.1, 0.15) is 5.75 Å². The van der Waals surface area contributed by atoms with E-state index in [4.69, 9.17) is 22.1 Å². The molecule has 0 aliphatic heterocycles. The average Bonchev–Trinajstić information content (AvgIpc) is 2.85. The van der Waals surface area contributed by atoms with Gasteiger partial charge in [-0.05, 0) is 49.8 Å². The molecule has 0 aromatic heterocycles. The minimum absolute atomic E-state index is 0.151. The predicted octanol–water partition coefficient (Wildman–Crippen LogP) is 4.04. The average molecular weight is 280 g/mol. The summed E-state index contributed by atoms with van der Waals surface area (Å²) in [6.45, 7) is 0.714. The topological polar surface area (TPSA) is 35.2 Å². The molecule has 0 amide bonds. The Kier molecular flexibility index (Phi) is 3.72. The third-order valence-corrected chi connectivity index (χ3v) is 5.14. The molecular formula is C16H22ClNO. The number of hydrogen-bond donors (Lipinski definition) is 1. The molecule has 1 aromatic carbocycles. The van der Waals surface area contributed by atoms with Gasteiger partial charge in [-0.15, -0.1) is 0 Å². The number of ether oxygens (including phenoxy) is 1. The Balaban J connectivity index is 1.81. The zero-order valence-electron chi connectivity index (χ0n) is 11.3. The molecule has 0 radical (unpaired) electrons. The molecule has 0 unspecified atom stereocenters. The van der Waals surface area contributed by atoms with Crippen LogP contribution in [0.25, 0.3) is 0 Å². The van der Waals surface area contributed by atoms with Gasteiger partial charge in [0.2, 0.25) is 0 Å². The number of halogens is 1. The first-order valence-electron chi connectivity index (χ1n) is 7.40. The highest BCUT2D eigenvalue weighted by Crippen LogP contribution is 2.42. The molecular weight excluding hydrogens is 258 g/mol. The van der Waals surface area contributed by atoms with E-state index in [0.29, 0.717) is 12.6 Å². The highest BCUT2D eigenvalue weighted by Gasteiger charge is 2.34. The normalized spacial score (nSPS) is 22.2. The fraction of sp³-hybridized carbons (Fsp3) is 0.625. The molecule has 0 spiro atoms. The van der Waals surface area contributed by atoms with Crippen molar-refractivity contribution in [2.45, 2.75) is 56.5 Å². The molecule has 2 N–H and O–H groups in total. The Morgan fingerprint density at radius 2 is 1.95 bits per heavy atom. The van der Waals surface area contributed by atoms with Gasteiger partial charge >= 0.3 is 0 Å². The largest absolute Gasteiger partial charge is 0.489 e. The van der Waals surface area contributed by atoms with Crippen molar-refractivity contribution >= 4 is 11.6 Å². The third-order valence-electron chi connectivity index (χ3n) is 4.84. The number of benzene rings is 1. The van der Waals surface area contributed by atoms with Crippen molar-refractivity contribution in [1.29, 1.82) is 0 Å². The lowest BCUT2D eigenvalue weighted by atomic mass is 9.79. The molecule has 2 fully saturated rings. The monoisotopic (exact) mass is 279 g/mol. The summed E-state index contributed by atoms with van der Waals surface area (Å²) in [4.78, 5) is 0. The van der Waals surface area contributed by atoms with Crippen molar-refractivity contribution < 1.29 is 4.74 Å². The summed E-state index contributed by atoms with van der Waals surface area (Å²) in [6.07, 6.45) is 8.88. The van der Waals surface area contributed by atoms with E-state index >= 15 is 0 Å². The Bertz CT molecular complexity index is 450. The van der Waals surface area contributed by atoms with Crippen molar-refractivity contribution in [3.05, 3.63) is 28.8 Å². The first-order chi connectivity index (χ1) is 9.23. The van der Waals surface area contributed by atoms with E-state index in [0.717, 1.165) is 23.6 Å². The quantitative estimate of drug-likeness (QED) is 0.903. The van der Waals surface area contributed by atoms with Crippen molar-refractivity contribution in [1.82, 2.24) is 0 Å². The zero-order valence-corrected chi connectivity index (χ0v) is 12.1. The molecule has 3 rings (SSSR count). The standard InChI is InChI=1S/C16H22ClNO/c17-14-10-12(16(11-18)8-1-2-9-16)6-7-15(14)19-13-4-3-5-13/h6-7,10,13H,1-5,8-9,11,18H2. The lowest BCUT2D eigenvalue weighted by Gasteiger charge is -2.30. The maximum absolute atomic E-state index is 6.39. The van der Waals surface area contributed by atoms with E-state index in [1.807, 2.05) is 6.07 Å². The minimum atomic E-state index is 0.151. The highest BCUT2D eigenvalue weighted by molar-refractivity contribution is 6.32. The van der Waals surface area contributed by atoms with Gasteiger partial charge in [-0.3, -0.25) is 0 Å².